The van der Waals surface area contributed by atoms with Crippen LogP contribution in [0.4, 0.5) is 0 Å². The first kappa shape index (κ1) is 13.9. The van der Waals surface area contributed by atoms with Crippen molar-refractivity contribution >= 4 is 11.9 Å². The molecule has 0 spiro atoms. The Hall–Kier alpha value is -1.14. The van der Waals surface area contributed by atoms with Crippen molar-refractivity contribution in [2.45, 2.75) is 31.9 Å². The summed E-state index contributed by atoms with van der Waals surface area (Å²) in [7, 11) is 1.69. The summed E-state index contributed by atoms with van der Waals surface area (Å²) < 4.78 is 5.24. The molecule has 1 atom stereocenters. The number of carboxylic acid groups (broad SMARTS) is 1. The van der Waals surface area contributed by atoms with Crippen LogP contribution in [0.3, 0.4) is 0 Å². The minimum absolute atomic E-state index is 0.273. The van der Waals surface area contributed by atoms with Crippen molar-refractivity contribution in [3.05, 3.63) is 0 Å². The van der Waals surface area contributed by atoms with E-state index in [0.717, 1.165) is 25.9 Å². The van der Waals surface area contributed by atoms with Crippen LogP contribution in [0, 0.1) is 0 Å². The second kappa shape index (κ2) is 6.56. The lowest BCUT2D eigenvalue weighted by Gasteiger charge is -2.32. The molecule has 0 saturated carbocycles. The van der Waals surface area contributed by atoms with Crippen molar-refractivity contribution in [3.63, 3.8) is 0 Å². The van der Waals surface area contributed by atoms with Gasteiger partial charge < -0.3 is 20.1 Å². The predicted molar refractivity (Wildman–Crippen MR) is 61.7 cm³/mol. The molecule has 0 aromatic rings. The Labute approximate surface area is 101 Å². The highest BCUT2D eigenvalue weighted by atomic mass is 16.5. The molecule has 1 amide bonds. The second-order valence-electron chi connectivity index (χ2n) is 4.33. The molecular formula is C11H20N2O4. The lowest BCUT2D eigenvalue weighted by Crippen LogP contribution is -2.50. The van der Waals surface area contributed by atoms with Gasteiger partial charge in [-0.3, -0.25) is 4.79 Å². The Morgan fingerprint density at radius 1 is 1.47 bits per heavy atom. The van der Waals surface area contributed by atoms with E-state index in [2.05, 4.69) is 5.32 Å². The number of likely N-dealkylation sites (tertiary alicyclic amines) is 1. The van der Waals surface area contributed by atoms with Crippen LogP contribution in [0.15, 0.2) is 0 Å². The average molecular weight is 244 g/mol. The first-order chi connectivity index (χ1) is 8.02. The van der Waals surface area contributed by atoms with Gasteiger partial charge in [-0.2, -0.15) is 0 Å². The Bertz CT molecular complexity index is 275. The first-order valence-electron chi connectivity index (χ1n) is 5.78. The van der Waals surface area contributed by atoms with Crippen molar-refractivity contribution in [2.24, 2.45) is 0 Å². The van der Waals surface area contributed by atoms with E-state index in [9.17, 15) is 9.59 Å². The van der Waals surface area contributed by atoms with E-state index in [0.29, 0.717) is 6.54 Å². The summed E-state index contributed by atoms with van der Waals surface area (Å²) >= 11 is 0. The molecule has 1 aliphatic rings. The number of rotatable bonds is 5. The van der Waals surface area contributed by atoms with Crippen molar-refractivity contribution < 1.29 is 19.4 Å². The quantitative estimate of drug-likeness (QED) is 0.693. The van der Waals surface area contributed by atoms with Gasteiger partial charge >= 0.3 is 5.97 Å². The molecule has 1 heterocycles. The number of nitrogens with zero attached hydrogens (tertiary/aromatic N) is 1. The fourth-order valence-electron chi connectivity index (χ4n) is 2.02. The van der Waals surface area contributed by atoms with Crippen molar-refractivity contribution in [1.29, 1.82) is 0 Å². The maximum atomic E-state index is 11.0. The number of ether oxygens (including phenoxy) is 1. The molecular weight excluding hydrogens is 224 g/mol. The lowest BCUT2D eigenvalue weighted by atomic mass is 10.1. The lowest BCUT2D eigenvalue weighted by molar-refractivity contribution is -0.142. The van der Waals surface area contributed by atoms with Gasteiger partial charge in [-0.05, 0) is 12.8 Å². The zero-order valence-corrected chi connectivity index (χ0v) is 10.3. The summed E-state index contributed by atoms with van der Waals surface area (Å²) in [4.78, 5) is 23.9. The highest BCUT2D eigenvalue weighted by molar-refractivity contribution is 5.82. The van der Waals surface area contributed by atoms with E-state index < -0.39 is 12.0 Å². The zero-order valence-electron chi connectivity index (χ0n) is 10.3. The van der Waals surface area contributed by atoms with Gasteiger partial charge in [0, 0.05) is 33.7 Å². The number of hydrogen-bond acceptors (Lipinski definition) is 4. The van der Waals surface area contributed by atoms with E-state index in [1.54, 1.807) is 7.11 Å². The van der Waals surface area contributed by atoms with Crippen LogP contribution in [-0.2, 0) is 14.3 Å². The van der Waals surface area contributed by atoms with Gasteiger partial charge in [-0.1, -0.05) is 0 Å². The third-order valence-electron chi connectivity index (χ3n) is 2.98. The van der Waals surface area contributed by atoms with E-state index in [4.69, 9.17) is 9.84 Å². The SMILES string of the molecule is COC1CCN(CC(NC(C)=O)C(=O)O)CC1. The van der Waals surface area contributed by atoms with Crippen LogP contribution in [0.2, 0.25) is 0 Å². The van der Waals surface area contributed by atoms with Crippen LogP contribution in [-0.4, -0.2) is 60.8 Å². The van der Waals surface area contributed by atoms with Gasteiger partial charge in [-0.15, -0.1) is 0 Å². The number of carbonyl (C=O) groups is 2. The number of aliphatic carboxylic acids is 1. The molecule has 2 N–H and O–H groups in total. The maximum Gasteiger partial charge on any atom is 0.327 e. The molecule has 17 heavy (non-hydrogen) atoms. The summed E-state index contributed by atoms with van der Waals surface area (Å²) in [6.07, 6.45) is 2.08. The number of amides is 1. The molecule has 1 aliphatic heterocycles. The van der Waals surface area contributed by atoms with E-state index >= 15 is 0 Å². The monoisotopic (exact) mass is 244 g/mol. The van der Waals surface area contributed by atoms with Crippen LogP contribution in [0.25, 0.3) is 0 Å². The van der Waals surface area contributed by atoms with E-state index in [1.165, 1.54) is 6.92 Å². The first-order valence-corrected chi connectivity index (χ1v) is 5.78. The van der Waals surface area contributed by atoms with Gasteiger partial charge in [0.15, 0.2) is 0 Å². The fraction of sp³-hybridized carbons (Fsp3) is 0.818. The summed E-state index contributed by atoms with van der Waals surface area (Å²) in [5.41, 5.74) is 0. The van der Waals surface area contributed by atoms with Gasteiger partial charge in [-0.25, -0.2) is 4.79 Å². The Morgan fingerprint density at radius 2 is 2.06 bits per heavy atom. The van der Waals surface area contributed by atoms with Gasteiger partial charge in [0.1, 0.15) is 6.04 Å². The molecule has 0 bridgehead atoms. The molecule has 1 rings (SSSR count). The van der Waals surface area contributed by atoms with Crippen molar-refractivity contribution in [2.75, 3.05) is 26.7 Å². The topological polar surface area (TPSA) is 78.9 Å². The largest absolute Gasteiger partial charge is 0.480 e. The molecule has 6 heteroatoms. The molecule has 1 unspecified atom stereocenters. The average Bonchev–Trinajstić information content (AvgIpc) is 2.28. The summed E-state index contributed by atoms with van der Waals surface area (Å²) in [6, 6.07) is -0.827. The van der Waals surface area contributed by atoms with Gasteiger partial charge in [0.05, 0.1) is 6.10 Å². The third kappa shape index (κ3) is 4.70. The highest BCUT2D eigenvalue weighted by Crippen LogP contribution is 2.12. The summed E-state index contributed by atoms with van der Waals surface area (Å²) in [5, 5.41) is 11.4. The third-order valence-corrected chi connectivity index (χ3v) is 2.98. The van der Waals surface area contributed by atoms with E-state index in [1.807, 2.05) is 4.90 Å². The molecule has 0 aromatic carbocycles. The molecule has 6 nitrogen and oxygen atoms in total. The summed E-state index contributed by atoms with van der Waals surface area (Å²) in [6.45, 7) is 3.29. The van der Waals surface area contributed by atoms with Crippen LogP contribution in [0.1, 0.15) is 19.8 Å². The highest BCUT2D eigenvalue weighted by Gasteiger charge is 2.25. The summed E-state index contributed by atoms with van der Waals surface area (Å²) in [5.74, 6) is -1.31. The molecule has 0 radical (unpaired) electrons. The second-order valence-corrected chi connectivity index (χ2v) is 4.33. The maximum absolute atomic E-state index is 11.0. The molecule has 1 saturated heterocycles. The molecule has 98 valence electrons. The van der Waals surface area contributed by atoms with Crippen LogP contribution >= 0.6 is 0 Å². The number of piperidine rings is 1. The number of methoxy groups -OCH3 is 1. The Balaban J connectivity index is 2.40. The number of hydrogen-bond donors (Lipinski definition) is 2. The number of carbonyl (C=O) groups excluding carboxylic acids is 1. The van der Waals surface area contributed by atoms with Crippen molar-refractivity contribution in [1.82, 2.24) is 10.2 Å². The molecule has 1 fully saturated rings. The van der Waals surface area contributed by atoms with Crippen LogP contribution in [0.5, 0.6) is 0 Å². The van der Waals surface area contributed by atoms with Crippen molar-refractivity contribution in [3.8, 4) is 0 Å². The molecule has 0 aliphatic carbocycles. The van der Waals surface area contributed by atoms with E-state index in [-0.39, 0.29) is 12.0 Å². The number of carboxylic acids is 1. The normalized spacial score (nSPS) is 19.9. The predicted octanol–water partition coefficient (Wildman–Crippen LogP) is -0.313. The fourth-order valence-corrected chi connectivity index (χ4v) is 2.02. The number of nitrogens with one attached hydrogen (secondary N) is 1. The Kier molecular flexibility index (Phi) is 5.37. The standard InChI is InChI=1S/C11H20N2O4/c1-8(14)12-10(11(15)16)7-13-5-3-9(17-2)4-6-13/h9-10H,3-7H2,1-2H3,(H,12,14)(H,15,16). The smallest absolute Gasteiger partial charge is 0.327 e. The van der Waals surface area contributed by atoms with Gasteiger partial charge in [0.2, 0.25) is 5.91 Å². The molecule has 0 aromatic heterocycles. The minimum atomic E-state index is -0.992. The minimum Gasteiger partial charge on any atom is -0.480 e. The van der Waals surface area contributed by atoms with Gasteiger partial charge in [0.25, 0.3) is 0 Å². The van der Waals surface area contributed by atoms with Crippen LogP contribution < -0.4 is 5.32 Å². The zero-order chi connectivity index (χ0) is 12.8. The Morgan fingerprint density at radius 3 is 2.47 bits per heavy atom.